The fraction of sp³-hybridized carbons (Fsp3) is 0.476. The smallest absolute Gasteiger partial charge is 0.261 e. The Labute approximate surface area is 169 Å². The minimum absolute atomic E-state index is 0.00636. The topological polar surface area (TPSA) is 57.5 Å². The first-order valence-corrected chi connectivity index (χ1v) is 10.3. The first-order valence-electron chi connectivity index (χ1n) is 9.92. The molecular formula is C21H27ClN2O4+2. The maximum atomic E-state index is 13.6. The molecule has 2 N–H and O–H groups in total. The van der Waals surface area contributed by atoms with E-state index in [1.165, 1.54) is 9.80 Å². The summed E-state index contributed by atoms with van der Waals surface area (Å²) in [7, 11) is 0. The quantitative estimate of drug-likeness (QED) is 0.666. The monoisotopic (exact) mass is 406 g/mol. The third-order valence-electron chi connectivity index (χ3n) is 5.76. The molecular weight excluding hydrogens is 380 g/mol. The molecule has 2 saturated heterocycles. The molecule has 1 aromatic carbocycles. The number of hydrogen-bond acceptors (Lipinski definition) is 4. The summed E-state index contributed by atoms with van der Waals surface area (Å²) in [6.45, 7) is 6.12. The Morgan fingerprint density at radius 1 is 0.893 bits per heavy atom. The number of carbonyl (C=O) groups excluding carboxylic acids is 1. The molecule has 2 atom stereocenters. The number of morpholine rings is 2. The van der Waals surface area contributed by atoms with E-state index in [2.05, 4.69) is 12.1 Å². The Balaban J connectivity index is 1.74. The van der Waals surface area contributed by atoms with Crippen molar-refractivity contribution in [1.29, 1.82) is 0 Å². The summed E-state index contributed by atoms with van der Waals surface area (Å²) in [6.07, 6.45) is 1.57. The van der Waals surface area contributed by atoms with Crippen molar-refractivity contribution in [2.75, 3.05) is 52.6 Å². The fourth-order valence-electron chi connectivity index (χ4n) is 4.37. The second-order valence-corrected chi connectivity index (χ2v) is 7.83. The number of hydrogen-bond donors (Lipinski definition) is 2. The van der Waals surface area contributed by atoms with Crippen LogP contribution in [0, 0.1) is 0 Å². The highest BCUT2D eigenvalue weighted by molar-refractivity contribution is 6.30. The molecule has 7 heteroatoms. The SMILES string of the molecule is O=C(c1ccco1)[C@H]([C@H](c1ccc(Cl)cc1)[NH+]1CCOCC1)[NH+]1CCOCC1. The van der Waals surface area contributed by atoms with Gasteiger partial charge in [-0.25, -0.2) is 0 Å². The molecule has 2 fully saturated rings. The van der Waals surface area contributed by atoms with Crippen molar-refractivity contribution >= 4 is 17.4 Å². The summed E-state index contributed by atoms with van der Waals surface area (Å²) in [5.74, 6) is 0.483. The lowest BCUT2D eigenvalue weighted by Gasteiger charge is -2.39. The van der Waals surface area contributed by atoms with Gasteiger partial charge in [0.05, 0.1) is 32.7 Å². The number of rotatable bonds is 6. The van der Waals surface area contributed by atoms with Crippen molar-refractivity contribution in [3.8, 4) is 0 Å². The summed E-state index contributed by atoms with van der Waals surface area (Å²) < 4.78 is 16.7. The molecule has 2 aliphatic rings. The number of Topliss-reactive ketones (excluding diaryl/α,β-unsaturated/α-hetero) is 1. The number of quaternary nitrogens is 2. The molecule has 0 radical (unpaired) electrons. The van der Waals surface area contributed by atoms with Gasteiger partial charge in [0, 0.05) is 10.6 Å². The predicted molar refractivity (Wildman–Crippen MR) is 104 cm³/mol. The molecule has 150 valence electrons. The van der Waals surface area contributed by atoms with E-state index in [9.17, 15) is 4.79 Å². The van der Waals surface area contributed by atoms with Gasteiger partial charge in [0.2, 0.25) is 6.04 Å². The third kappa shape index (κ3) is 4.31. The Hall–Kier alpha value is -1.70. The van der Waals surface area contributed by atoms with Crippen LogP contribution < -0.4 is 9.80 Å². The van der Waals surface area contributed by atoms with Gasteiger partial charge in [-0.15, -0.1) is 0 Å². The number of ketones is 1. The van der Waals surface area contributed by atoms with E-state index in [1.807, 2.05) is 12.1 Å². The van der Waals surface area contributed by atoms with Crippen molar-refractivity contribution < 1.29 is 28.5 Å². The molecule has 28 heavy (non-hydrogen) atoms. The van der Waals surface area contributed by atoms with Crippen LogP contribution in [0.3, 0.4) is 0 Å². The standard InChI is InChI=1S/C21H25ClN2O4/c22-17-5-3-16(4-6-17)19(23-7-12-26-13-8-23)20(24-9-14-27-15-10-24)21(25)18-2-1-11-28-18/h1-6,11,19-20H,7-10,12-15H2/p+2/t19-,20-/m0/s1. The number of nitrogens with one attached hydrogen (secondary N) is 2. The van der Waals surface area contributed by atoms with E-state index < -0.39 is 0 Å². The third-order valence-corrected chi connectivity index (χ3v) is 6.01. The fourth-order valence-corrected chi connectivity index (χ4v) is 4.49. The van der Waals surface area contributed by atoms with Crippen LogP contribution in [0.25, 0.3) is 0 Å². The molecule has 0 aliphatic carbocycles. The summed E-state index contributed by atoms with van der Waals surface area (Å²) >= 11 is 6.14. The summed E-state index contributed by atoms with van der Waals surface area (Å²) in [6, 6.07) is 11.2. The normalized spacial score (nSPS) is 21.3. The second kappa shape index (κ2) is 9.20. The van der Waals surface area contributed by atoms with E-state index >= 15 is 0 Å². The van der Waals surface area contributed by atoms with E-state index in [-0.39, 0.29) is 17.9 Å². The van der Waals surface area contributed by atoms with Crippen LogP contribution in [0.1, 0.15) is 22.2 Å². The largest absolute Gasteiger partial charge is 0.461 e. The predicted octanol–water partition coefficient (Wildman–Crippen LogP) is 0.0558. The van der Waals surface area contributed by atoms with Crippen LogP contribution in [-0.4, -0.2) is 64.4 Å². The van der Waals surface area contributed by atoms with Crippen LogP contribution >= 0.6 is 11.6 Å². The van der Waals surface area contributed by atoms with Gasteiger partial charge in [0.15, 0.2) is 11.8 Å². The highest BCUT2D eigenvalue weighted by Crippen LogP contribution is 2.20. The van der Waals surface area contributed by atoms with Crippen LogP contribution in [0.4, 0.5) is 0 Å². The van der Waals surface area contributed by atoms with Gasteiger partial charge in [-0.3, -0.25) is 4.79 Å². The first kappa shape index (κ1) is 19.6. The van der Waals surface area contributed by atoms with Crippen molar-refractivity contribution in [2.45, 2.75) is 12.1 Å². The number of benzene rings is 1. The van der Waals surface area contributed by atoms with Crippen molar-refractivity contribution in [1.82, 2.24) is 0 Å². The highest BCUT2D eigenvalue weighted by atomic mass is 35.5. The lowest BCUT2D eigenvalue weighted by atomic mass is 9.91. The number of furan rings is 1. The minimum atomic E-state index is -0.246. The van der Waals surface area contributed by atoms with Crippen LogP contribution in [0.15, 0.2) is 47.1 Å². The molecule has 6 nitrogen and oxygen atoms in total. The van der Waals surface area contributed by atoms with Crippen LogP contribution in [-0.2, 0) is 9.47 Å². The zero-order valence-electron chi connectivity index (χ0n) is 15.9. The van der Waals surface area contributed by atoms with Gasteiger partial charge in [-0.2, -0.15) is 0 Å². The van der Waals surface area contributed by atoms with Gasteiger partial charge >= 0.3 is 0 Å². The Morgan fingerprint density at radius 2 is 1.50 bits per heavy atom. The molecule has 0 saturated carbocycles. The van der Waals surface area contributed by atoms with Crippen molar-refractivity contribution in [3.05, 3.63) is 59.0 Å². The second-order valence-electron chi connectivity index (χ2n) is 7.39. The lowest BCUT2D eigenvalue weighted by Crippen LogP contribution is -3.25. The van der Waals surface area contributed by atoms with Gasteiger partial charge in [0.25, 0.3) is 5.78 Å². The maximum absolute atomic E-state index is 13.6. The molecule has 0 amide bonds. The molecule has 0 unspecified atom stereocenters. The molecule has 0 bridgehead atoms. The lowest BCUT2D eigenvalue weighted by molar-refractivity contribution is -0.999. The zero-order chi connectivity index (χ0) is 19.3. The van der Waals surface area contributed by atoms with Crippen molar-refractivity contribution in [2.24, 2.45) is 0 Å². The maximum Gasteiger partial charge on any atom is 0.261 e. The van der Waals surface area contributed by atoms with E-state index in [0.29, 0.717) is 37.2 Å². The average Bonchev–Trinajstić information content (AvgIpc) is 3.29. The molecule has 0 spiro atoms. The molecule has 1 aromatic heterocycles. The first-order chi connectivity index (χ1) is 13.7. The Morgan fingerprint density at radius 3 is 2.07 bits per heavy atom. The highest BCUT2D eigenvalue weighted by Gasteiger charge is 2.46. The van der Waals surface area contributed by atoms with Crippen LogP contribution in [0.5, 0.6) is 0 Å². The minimum Gasteiger partial charge on any atom is -0.461 e. The zero-order valence-corrected chi connectivity index (χ0v) is 16.6. The Kier molecular flexibility index (Phi) is 6.44. The number of halogens is 1. The molecule has 2 aliphatic heterocycles. The van der Waals surface area contributed by atoms with Gasteiger partial charge < -0.3 is 23.7 Å². The molecule has 2 aromatic rings. The van der Waals surface area contributed by atoms with E-state index in [4.69, 9.17) is 25.5 Å². The van der Waals surface area contributed by atoms with E-state index in [1.54, 1.807) is 18.4 Å². The Bertz CT molecular complexity index is 753. The van der Waals surface area contributed by atoms with Crippen LogP contribution in [0.2, 0.25) is 5.02 Å². The van der Waals surface area contributed by atoms with Gasteiger partial charge in [-0.1, -0.05) is 23.7 Å². The average molecular weight is 407 g/mol. The molecule has 4 rings (SSSR count). The number of ether oxygens (including phenoxy) is 2. The van der Waals surface area contributed by atoms with E-state index in [0.717, 1.165) is 31.7 Å². The number of carbonyl (C=O) groups is 1. The molecule has 3 heterocycles. The summed E-state index contributed by atoms with van der Waals surface area (Å²) in [5, 5.41) is 0.701. The summed E-state index contributed by atoms with van der Waals surface area (Å²) in [5.41, 5.74) is 1.13. The summed E-state index contributed by atoms with van der Waals surface area (Å²) in [4.78, 5) is 16.2. The van der Waals surface area contributed by atoms with Gasteiger partial charge in [0.1, 0.15) is 26.2 Å². The van der Waals surface area contributed by atoms with Gasteiger partial charge in [-0.05, 0) is 24.3 Å². The van der Waals surface area contributed by atoms with Crippen molar-refractivity contribution in [3.63, 3.8) is 0 Å².